The third kappa shape index (κ3) is 2.20. The van der Waals surface area contributed by atoms with Crippen molar-refractivity contribution >= 4 is 11.0 Å². The lowest BCUT2D eigenvalue weighted by molar-refractivity contribution is -0.166. The van der Waals surface area contributed by atoms with Gasteiger partial charge < -0.3 is 19.7 Å². The number of hydrogen-bond acceptors (Lipinski definition) is 8. The van der Waals surface area contributed by atoms with Crippen LogP contribution >= 0.6 is 0 Å². The van der Waals surface area contributed by atoms with Gasteiger partial charge in [-0.25, -0.2) is 9.67 Å². The number of aliphatic hydroxyl groups excluding tert-OH is 1. The molecule has 9 heteroatoms. The zero-order chi connectivity index (χ0) is 17.2. The van der Waals surface area contributed by atoms with E-state index in [0.717, 1.165) is 11.2 Å². The lowest BCUT2D eigenvalue weighted by Gasteiger charge is -2.41. The van der Waals surface area contributed by atoms with Crippen molar-refractivity contribution in [1.29, 1.82) is 0 Å². The van der Waals surface area contributed by atoms with Crippen LogP contribution in [0.1, 0.15) is 24.8 Å². The number of ether oxygens (including phenoxy) is 2. The smallest absolute Gasteiger partial charge is 0.245 e. The van der Waals surface area contributed by atoms with E-state index in [1.54, 1.807) is 7.11 Å². The lowest BCUT2D eigenvalue weighted by Crippen LogP contribution is -2.49. The van der Waals surface area contributed by atoms with Crippen molar-refractivity contribution in [3.8, 4) is 5.88 Å². The average Bonchev–Trinajstić information content (AvgIpc) is 3.16. The SMILES string of the molecule is COc1ncnc2c3n(nc12)C1CC(O)(CCO1)C1CN(C3)CC1O. The van der Waals surface area contributed by atoms with Gasteiger partial charge >= 0.3 is 0 Å². The lowest BCUT2D eigenvalue weighted by atomic mass is 9.78. The quantitative estimate of drug-likeness (QED) is 0.723. The van der Waals surface area contributed by atoms with E-state index in [4.69, 9.17) is 9.47 Å². The Kier molecular flexibility index (Phi) is 3.30. The molecule has 0 spiro atoms. The second-order valence-corrected chi connectivity index (χ2v) is 7.22. The average molecular weight is 347 g/mol. The summed E-state index contributed by atoms with van der Waals surface area (Å²) in [5, 5.41) is 26.4. The van der Waals surface area contributed by atoms with Crippen molar-refractivity contribution in [3.63, 3.8) is 0 Å². The van der Waals surface area contributed by atoms with Gasteiger partial charge in [0.2, 0.25) is 5.88 Å². The summed E-state index contributed by atoms with van der Waals surface area (Å²) in [6.45, 7) is 2.20. The van der Waals surface area contributed by atoms with Crippen LogP contribution in [0.3, 0.4) is 0 Å². The van der Waals surface area contributed by atoms with Gasteiger partial charge in [0.15, 0.2) is 11.7 Å². The van der Waals surface area contributed by atoms with Crippen LogP contribution in [0.25, 0.3) is 11.0 Å². The number of nitrogens with zero attached hydrogens (tertiary/aromatic N) is 5. The standard InChI is InChI=1S/C16H21N5O4/c1-24-15-14-13(17-8-18-15)10-6-20-5-9(11(22)7-20)16(23)2-3-25-12(4-16)21(10)19-14/h8-9,11-12,22-23H,2-7H2,1H3. The second kappa shape index (κ2) is 5.34. The van der Waals surface area contributed by atoms with E-state index in [0.29, 0.717) is 50.5 Å². The van der Waals surface area contributed by atoms with Crippen molar-refractivity contribution in [2.45, 2.75) is 37.3 Å². The molecular weight excluding hydrogens is 326 g/mol. The van der Waals surface area contributed by atoms with Crippen LogP contribution in [-0.4, -0.2) is 73.4 Å². The maximum atomic E-state index is 11.2. The van der Waals surface area contributed by atoms with Gasteiger partial charge in [-0.3, -0.25) is 4.90 Å². The highest BCUT2D eigenvalue weighted by Gasteiger charge is 2.50. The predicted molar refractivity (Wildman–Crippen MR) is 85.8 cm³/mol. The van der Waals surface area contributed by atoms with Crippen LogP contribution in [0, 0.1) is 5.92 Å². The molecule has 2 fully saturated rings. The summed E-state index contributed by atoms with van der Waals surface area (Å²) >= 11 is 0. The Balaban J connectivity index is 1.70. The van der Waals surface area contributed by atoms with Gasteiger partial charge in [-0.15, -0.1) is 0 Å². The molecule has 2 saturated heterocycles. The minimum atomic E-state index is -0.952. The van der Waals surface area contributed by atoms with E-state index in [-0.39, 0.29) is 12.1 Å². The molecule has 0 radical (unpaired) electrons. The highest BCUT2D eigenvalue weighted by atomic mass is 16.5. The van der Waals surface area contributed by atoms with E-state index in [1.165, 1.54) is 6.33 Å². The molecule has 25 heavy (non-hydrogen) atoms. The van der Waals surface area contributed by atoms with Gasteiger partial charge in [0, 0.05) is 38.4 Å². The fourth-order valence-electron chi connectivity index (χ4n) is 4.54. The molecule has 134 valence electrons. The Morgan fingerprint density at radius 3 is 3.04 bits per heavy atom. The molecule has 5 rings (SSSR count). The summed E-state index contributed by atoms with van der Waals surface area (Å²) in [7, 11) is 1.56. The minimum Gasteiger partial charge on any atom is -0.479 e. The topological polar surface area (TPSA) is 106 Å². The number of rotatable bonds is 1. The molecule has 5 heterocycles. The zero-order valence-electron chi connectivity index (χ0n) is 14.0. The number of hydrogen-bond donors (Lipinski definition) is 2. The molecule has 0 aromatic carbocycles. The van der Waals surface area contributed by atoms with Crippen LogP contribution in [0.15, 0.2) is 6.33 Å². The summed E-state index contributed by atoms with van der Waals surface area (Å²) in [6, 6.07) is 0. The monoisotopic (exact) mass is 347 g/mol. The molecule has 3 aliphatic rings. The van der Waals surface area contributed by atoms with Gasteiger partial charge in [-0.1, -0.05) is 0 Å². The second-order valence-electron chi connectivity index (χ2n) is 7.22. The Morgan fingerprint density at radius 2 is 2.20 bits per heavy atom. The summed E-state index contributed by atoms with van der Waals surface area (Å²) in [5.41, 5.74) is 1.27. The number of aromatic nitrogens is 4. The largest absolute Gasteiger partial charge is 0.479 e. The first kappa shape index (κ1) is 15.4. The maximum Gasteiger partial charge on any atom is 0.245 e. The van der Waals surface area contributed by atoms with E-state index in [9.17, 15) is 10.2 Å². The van der Waals surface area contributed by atoms with Gasteiger partial charge in [-0.05, 0) is 0 Å². The van der Waals surface area contributed by atoms with Crippen molar-refractivity contribution in [2.75, 3.05) is 26.8 Å². The summed E-state index contributed by atoms with van der Waals surface area (Å²) in [5.74, 6) is 0.256. The molecule has 4 bridgehead atoms. The fourth-order valence-corrected chi connectivity index (χ4v) is 4.54. The van der Waals surface area contributed by atoms with E-state index in [1.807, 2.05) is 4.68 Å². The van der Waals surface area contributed by atoms with Crippen LogP contribution < -0.4 is 4.74 Å². The molecule has 0 saturated carbocycles. The minimum absolute atomic E-state index is 0.168. The third-order valence-electron chi connectivity index (χ3n) is 5.81. The maximum absolute atomic E-state index is 11.2. The van der Waals surface area contributed by atoms with Crippen molar-refractivity contribution in [3.05, 3.63) is 12.0 Å². The molecule has 9 nitrogen and oxygen atoms in total. The predicted octanol–water partition coefficient (Wildman–Crippen LogP) is -0.319. The fraction of sp³-hybridized carbons (Fsp3) is 0.688. The molecule has 3 aliphatic heterocycles. The van der Waals surface area contributed by atoms with Gasteiger partial charge in [0.05, 0.1) is 31.1 Å². The van der Waals surface area contributed by atoms with Crippen LogP contribution in [-0.2, 0) is 11.3 Å². The first-order valence-electron chi connectivity index (χ1n) is 8.59. The number of methoxy groups -OCH3 is 1. The van der Waals surface area contributed by atoms with E-state index >= 15 is 0 Å². The highest BCUT2D eigenvalue weighted by Crippen LogP contribution is 2.43. The van der Waals surface area contributed by atoms with Crippen LogP contribution in [0.5, 0.6) is 5.88 Å². The van der Waals surface area contributed by atoms with Crippen molar-refractivity contribution in [1.82, 2.24) is 24.6 Å². The Labute approximate surface area is 144 Å². The zero-order valence-corrected chi connectivity index (χ0v) is 14.0. The number of fused-ring (bicyclic) bond motifs is 9. The van der Waals surface area contributed by atoms with Crippen LogP contribution in [0.4, 0.5) is 0 Å². The Hall–Kier alpha value is -1.81. The number of aliphatic hydroxyl groups is 2. The summed E-state index contributed by atoms with van der Waals surface area (Å²) in [6.07, 6.45) is 1.47. The van der Waals surface area contributed by atoms with Gasteiger partial charge in [-0.2, -0.15) is 10.1 Å². The molecular formula is C16H21N5O4. The Morgan fingerprint density at radius 1 is 1.32 bits per heavy atom. The van der Waals surface area contributed by atoms with Gasteiger partial charge in [0.25, 0.3) is 0 Å². The third-order valence-corrected chi connectivity index (χ3v) is 5.81. The van der Waals surface area contributed by atoms with Gasteiger partial charge in [0.1, 0.15) is 11.8 Å². The van der Waals surface area contributed by atoms with Crippen molar-refractivity contribution in [2.24, 2.45) is 5.92 Å². The molecule has 2 N–H and O–H groups in total. The van der Waals surface area contributed by atoms with E-state index in [2.05, 4.69) is 20.0 Å². The molecule has 2 aromatic heterocycles. The Bertz CT molecular complexity index is 826. The first-order chi connectivity index (χ1) is 12.1. The summed E-state index contributed by atoms with van der Waals surface area (Å²) in [4.78, 5) is 10.7. The van der Waals surface area contributed by atoms with Crippen molar-refractivity contribution < 1.29 is 19.7 Å². The molecule has 5 atom stereocenters. The van der Waals surface area contributed by atoms with Crippen LogP contribution in [0.2, 0.25) is 0 Å². The normalized spacial score (nSPS) is 37.2. The highest BCUT2D eigenvalue weighted by molar-refractivity contribution is 5.81. The molecule has 0 amide bonds. The molecule has 5 unspecified atom stereocenters. The molecule has 0 aliphatic carbocycles. The molecule has 2 aromatic rings. The first-order valence-corrected chi connectivity index (χ1v) is 8.59. The summed E-state index contributed by atoms with van der Waals surface area (Å²) < 4.78 is 13.1. The van der Waals surface area contributed by atoms with E-state index < -0.39 is 11.7 Å².